The summed E-state index contributed by atoms with van der Waals surface area (Å²) in [5.41, 5.74) is 0. The molecule has 2 amide bonds. The minimum Gasteiger partial charge on any atom is -0.469 e. The van der Waals surface area contributed by atoms with Crippen LogP contribution in [0, 0.1) is 23.7 Å². The highest BCUT2D eigenvalue weighted by molar-refractivity contribution is 5.87. The predicted molar refractivity (Wildman–Crippen MR) is 109 cm³/mol. The molecule has 0 aromatic rings. The summed E-state index contributed by atoms with van der Waals surface area (Å²) >= 11 is 0. The number of likely N-dealkylation sites (tertiary alicyclic amines) is 1. The molecule has 4 heterocycles. The number of amides is 2. The van der Waals surface area contributed by atoms with Crippen LogP contribution in [0.2, 0.25) is 0 Å². The molecule has 3 aliphatic carbocycles. The predicted octanol–water partition coefficient (Wildman–Crippen LogP) is -0.295. The van der Waals surface area contributed by atoms with Crippen LogP contribution in [-0.4, -0.2) is 97.5 Å². The summed E-state index contributed by atoms with van der Waals surface area (Å²) in [6, 6.07) is -0.0786. The monoisotopic (exact) mass is 416 g/mol. The molecule has 4 bridgehead atoms. The molecule has 4 aliphatic heterocycles. The number of hydrogen-bond acceptors (Lipinski definition) is 6. The van der Waals surface area contributed by atoms with E-state index in [1.165, 1.54) is 7.11 Å². The number of allylic oxidation sites excluding steroid dienone is 2. The number of fused-ring (bicyclic) bond motifs is 5. The minimum absolute atomic E-state index is 0.0372. The van der Waals surface area contributed by atoms with Crippen molar-refractivity contribution in [3.05, 3.63) is 12.2 Å². The highest BCUT2D eigenvalue weighted by Crippen LogP contribution is 2.45. The van der Waals surface area contributed by atoms with Crippen molar-refractivity contribution < 1.29 is 19.1 Å². The first-order valence-electron chi connectivity index (χ1n) is 11.4. The number of piperazine rings is 3. The zero-order valence-electron chi connectivity index (χ0n) is 17.7. The van der Waals surface area contributed by atoms with Crippen LogP contribution in [0.4, 0.5) is 0 Å². The Morgan fingerprint density at radius 3 is 2.20 bits per heavy atom. The highest BCUT2D eigenvalue weighted by Gasteiger charge is 2.49. The summed E-state index contributed by atoms with van der Waals surface area (Å²) in [4.78, 5) is 45.3. The van der Waals surface area contributed by atoms with Gasteiger partial charge in [-0.1, -0.05) is 12.2 Å². The van der Waals surface area contributed by atoms with Crippen LogP contribution in [0.15, 0.2) is 12.2 Å². The molecule has 8 heteroatoms. The Bertz CT molecular complexity index is 747. The maximum absolute atomic E-state index is 13.2. The standard InChI is InChI=1S/C22H32N4O4/c1-30-22(29)19-15-4-2-14(3-5-15)18(19)20(27)23-16-6-7-26(12-16)21(28)17-13-24-8-10-25(17)11-9-24/h2,4,14-19H,3,5-13H2,1H3,(H,23,27)/t14?,15?,16-,17?,18-,19+/m1/s1. The zero-order chi connectivity index (χ0) is 20.8. The smallest absolute Gasteiger partial charge is 0.310 e. The van der Waals surface area contributed by atoms with Gasteiger partial charge in [0.25, 0.3) is 0 Å². The Kier molecular flexibility index (Phi) is 5.31. The van der Waals surface area contributed by atoms with Gasteiger partial charge in [-0.2, -0.15) is 0 Å². The van der Waals surface area contributed by atoms with Gasteiger partial charge in [-0.3, -0.25) is 24.2 Å². The topological polar surface area (TPSA) is 82.2 Å². The van der Waals surface area contributed by atoms with Gasteiger partial charge in [0.15, 0.2) is 0 Å². The van der Waals surface area contributed by atoms with E-state index in [4.69, 9.17) is 4.74 Å². The molecule has 4 saturated heterocycles. The van der Waals surface area contributed by atoms with Gasteiger partial charge in [-0.25, -0.2) is 0 Å². The third-order valence-corrected chi connectivity index (χ3v) is 7.93. The lowest BCUT2D eigenvalue weighted by Crippen LogP contribution is -2.65. The van der Waals surface area contributed by atoms with Crippen molar-refractivity contribution in [1.29, 1.82) is 0 Å². The SMILES string of the molecule is COC(=O)[C@H]1C2C=CC(CC2)[C@H]1C(=O)N[C@@H]1CCN(C(=O)C2CN3CCN2CC3)C1. The molecule has 1 saturated carbocycles. The van der Waals surface area contributed by atoms with Crippen molar-refractivity contribution in [3.63, 3.8) is 0 Å². The van der Waals surface area contributed by atoms with Crippen LogP contribution in [0.1, 0.15) is 19.3 Å². The van der Waals surface area contributed by atoms with Crippen LogP contribution in [-0.2, 0) is 19.1 Å². The van der Waals surface area contributed by atoms with Crippen LogP contribution in [0.25, 0.3) is 0 Å². The van der Waals surface area contributed by atoms with Crippen molar-refractivity contribution in [1.82, 2.24) is 20.0 Å². The average Bonchev–Trinajstić information content (AvgIpc) is 3.27. The van der Waals surface area contributed by atoms with E-state index >= 15 is 0 Å². The normalized spacial score (nSPS) is 41.7. The van der Waals surface area contributed by atoms with Crippen LogP contribution in [0.3, 0.4) is 0 Å². The number of ether oxygens (including phenoxy) is 1. The molecule has 0 radical (unpaired) electrons. The lowest BCUT2D eigenvalue weighted by atomic mass is 9.62. The number of esters is 1. The maximum Gasteiger partial charge on any atom is 0.310 e. The first-order valence-corrected chi connectivity index (χ1v) is 11.4. The average molecular weight is 417 g/mol. The van der Waals surface area contributed by atoms with Crippen molar-refractivity contribution in [2.24, 2.45) is 23.7 Å². The van der Waals surface area contributed by atoms with Crippen LogP contribution >= 0.6 is 0 Å². The van der Waals surface area contributed by atoms with E-state index in [9.17, 15) is 14.4 Å². The van der Waals surface area contributed by atoms with Gasteiger partial charge in [-0.15, -0.1) is 0 Å². The van der Waals surface area contributed by atoms with Crippen molar-refractivity contribution >= 4 is 17.8 Å². The fourth-order valence-corrected chi connectivity index (χ4v) is 6.25. The molecule has 6 atom stereocenters. The molecule has 0 aromatic carbocycles. The van der Waals surface area contributed by atoms with Gasteiger partial charge in [0.05, 0.1) is 18.9 Å². The van der Waals surface area contributed by atoms with Crippen molar-refractivity contribution in [3.8, 4) is 0 Å². The highest BCUT2D eigenvalue weighted by atomic mass is 16.5. The molecule has 0 aromatic heterocycles. The third-order valence-electron chi connectivity index (χ3n) is 7.93. The maximum atomic E-state index is 13.2. The second-order valence-electron chi connectivity index (χ2n) is 9.50. The van der Waals surface area contributed by atoms with Crippen LogP contribution < -0.4 is 5.32 Å². The molecule has 7 aliphatic rings. The Balaban J connectivity index is 1.20. The molecule has 8 nitrogen and oxygen atoms in total. The molecule has 5 fully saturated rings. The fraction of sp³-hybridized carbons (Fsp3) is 0.773. The Labute approximate surface area is 177 Å². The lowest BCUT2D eigenvalue weighted by Gasteiger charge is -2.47. The summed E-state index contributed by atoms with van der Waals surface area (Å²) < 4.78 is 5.02. The number of methoxy groups -OCH3 is 1. The van der Waals surface area contributed by atoms with E-state index in [0.717, 1.165) is 52.0 Å². The minimum atomic E-state index is -0.391. The van der Waals surface area contributed by atoms with E-state index < -0.39 is 5.92 Å². The van der Waals surface area contributed by atoms with E-state index in [1.807, 2.05) is 4.90 Å². The van der Waals surface area contributed by atoms with E-state index in [1.54, 1.807) is 0 Å². The molecule has 3 unspecified atom stereocenters. The van der Waals surface area contributed by atoms with E-state index in [2.05, 4.69) is 27.3 Å². The van der Waals surface area contributed by atoms with Gasteiger partial charge < -0.3 is 15.0 Å². The molecular weight excluding hydrogens is 384 g/mol. The number of nitrogens with zero attached hydrogens (tertiary/aromatic N) is 3. The summed E-state index contributed by atoms with van der Waals surface area (Å²) in [5.74, 6) is -0.715. The Morgan fingerprint density at radius 1 is 0.900 bits per heavy atom. The zero-order valence-corrected chi connectivity index (χ0v) is 17.7. The second-order valence-corrected chi connectivity index (χ2v) is 9.50. The molecule has 164 valence electrons. The molecule has 7 rings (SSSR count). The van der Waals surface area contributed by atoms with Crippen LogP contribution in [0.5, 0.6) is 0 Å². The fourth-order valence-electron chi connectivity index (χ4n) is 6.25. The number of carbonyl (C=O) groups is 3. The Hall–Kier alpha value is -1.93. The third kappa shape index (κ3) is 3.43. The summed E-state index contributed by atoms with van der Waals surface area (Å²) in [7, 11) is 1.40. The molecule has 1 N–H and O–H groups in total. The second kappa shape index (κ2) is 7.96. The number of nitrogens with one attached hydrogen (secondary N) is 1. The lowest BCUT2D eigenvalue weighted by molar-refractivity contribution is -0.156. The van der Waals surface area contributed by atoms with Gasteiger partial charge in [-0.05, 0) is 31.1 Å². The van der Waals surface area contributed by atoms with Gasteiger partial charge in [0.1, 0.15) is 6.04 Å². The summed E-state index contributed by atoms with van der Waals surface area (Å²) in [6.45, 7) is 6.13. The quantitative estimate of drug-likeness (QED) is 0.501. The molecule has 30 heavy (non-hydrogen) atoms. The van der Waals surface area contributed by atoms with Gasteiger partial charge in [0.2, 0.25) is 11.8 Å². The van der Waals surface area contributed by atoms with E-state index in [0.29, 0.717) is 13.1 Å². The molecule has 0 spiro atoms. The van der Waals surface area contributed by atoms with Crippen molar-refractivity contribution in [2.45, 2.75) is 31.3 Å². The number of rotatable bonds is 4. The number of hydrogen-bond donors (Lipinski definition) is 1. The Morgan fingerprint density at radius 2 is 1.60 bits per heavy atom. The summed E-state index contributed by atoms with van der Waals surface area (Å²) in [5, 5.41) is 3.17. The number of carbonyl (C=O) groups excluding carboxylic acids is 3. The summed E-state index contributed by atoms with van der Waals surface area (Å²) in [6.07, 6.45) is 6.83. The first kappa shape index (κ1) is 20.0. The van der Waals surface area contributed by atoms with Crippen molar-refractivity contribution in [2.75, 3.05) is 52.9 Å². The van der Waals surface area contributed by atoms with Gasteiger partial charge >= 0.3 is 5.97 Å². The largest absolute Gasteiger partial charge is 0.469 e. The first-order chi connectivity index (χ1) is 14.5. The molecular formula is C22H32N4O4. The van der Waals surface area contributed by atoms with Gasteiger partial charge in [0, 0.05) is 51.9 Å². The van der Waals surface area contributed by atoms with E-state index in [-0.39, 0.29) is 47.6 Å².